The second kappa shape index (κ2) is 4.51. The fourth-order valence-corrected chi connectivity index (χ4v) is 2.22. The Morgan fingerprint density at radius 3 is 2.75 bits per heavy atom. The van der Waals surface area contributed by atoms with Crippen LogP contribution in [0.5, 0.6) is 0 Å². The third-order valence-electron chi connectivity index (χ3n) is 3.60. The summed E-state index contributed by atoms with van der Waals surface area (Å²) in [6.45, 7) is 7.17. The van der Waals surface area contributed by atoms with Crippen molar-refractivity contribution < 1.29 is 0 Å². The molecule has 1 saturated heterocycles. The molecule has 0 amide bonds. The van der Waals surface area contributed by atoms with Crippen molar-refractivity contribution in [1.29, 1.82) is 0 Å². The summed E-state index contributed by atoms with van der Waals surface area (Å²) in [5.74, 6) is 2.65. The van der Waals surface area contributed by atoms with Crippen LogP contribution in [-0.2, 0) is 13.6 Å². The van der Waals surface area contributed by atoms with E-state index >= 15 is 0 Å². The van der Waals surface area contributed by atoms with Crippen LogP contribution in [0.25, 0.3) is 0 Å². The van der Waals surface area contributed by atoms with Crippen LogP contribution >= 0.6 is 0 Å². The Kier molecular flexibility index (Phi) is 3.25. The lowest BCUT2D eigenvalue weighted by Gasteiger charge is -2.17. The van der Waals surface area contributed by atoms with Crippen molar-refractivity contribution in [2.45, 2.75) is 32.9 Å². The van der Waals surface area contributed by atoms with Crippen LogP contribution in [0.3, 0.4) is 0 Å². The molecule has 2 unspecified atom stereocenters. The molecule has 2 rings (SSSR count). The molecule has 2 N–H and O–H groups in total. The van der Waals surface area contributed by atoms with Crippen molar-refractivity contribution in [2.24, 2.45) is 18.7 Å². The van der Waals surface area contributed by atoms with Gasteiger partial charge in [0.1, 0.15) is 11.6 Å². The van der Waals surface area contributed by atoms with Gasteiger partial charge in [-0.1, -0.05) is 0 Å². The molecule has 0 saturated carbocycles. The number of aryl methyl sites for hydroxylation is 1. The average molecular weight is 223 g/mol. The topological polar surface area (TPSA) is 60.0 Å². The zero-order chi connectivity index (χ0) is 11.7. The smallest absolute Gasteiger partial charge is 0.146 e. The second-order valence-electron chi connectivity index (χ2n) is 4.87. The fraction of sp³-hybridized carbons (Fsp3) is 0.818. The minimum Gasteiger partial charge on any atom is -0.328 e. The van der Waals surface area contributed by atoms with Crippen molar-refractivity contribution in [3.8, 4) is 0 Å². The van der Waals surface area contributed by atoms with Crippen LogP contribution in [0.1, 0.15) is 25.0 Å². The molecule has 1 aliphatic heterocycles. The van der Waals surface area contributed by atoms with Gasteiger partial charge in [-0.3, -0.25) is 4.90 Å². The van der Waals surface area contributed by atoms with E-state index in [4.69, 9.17) is 5.73 Å². The van der Waals surface area contributed by atoms with E-state index in [0.717, 1.165) is 31.3 Å². The first kappa shape index (κ1) is 11.5. The molecule has 1 aliphatic rings. The van der Waals surface area contributed by atoms with Crippen LogP contribution in [0, 0.1) is 12.8 Å². The van der Waals surface area contributed by atoms with E-state index < -0.39 is 0 Å². The summed E-state index contributed by atoms with van der Waals surface area (Å²) in [5.41, 5.74) is 5.93. The molecule has 0 radical (unpaired) electrons. The fourth-order valence-electron chi connectivity index (χ4n) is 2.22. The van der Waals surface area contributed by atoms with Crippen molar-refractivity contribution in [3.63, 3.8) is 0 Å². The number of nitrogens with two attached hydrogens (primary N) is 1. The Morgan fingerprint density at radius 1 is 1.50 bits per heavy atom. The largest absolute Gasteiger partial charge is 0.328 e. The summed E-state index contributed by atoms with van der Waals surface area (Å²) in [7, 11) is 2.02. The van der Waals surface area contributed by atoms with Crippen LogP contribution in [0.15, 0.2) is 0 Å². The molecule has 0 aliphatic carbocycles. The molecule has 90 valence electrons. The van der Waals surface area contributed by atoms with Crippen LogP contribution in [-0.4, -0.2) is 38.8 Å². The number of likely N-dealkylation sites (tertiary alicyclic amines) is 1. The zero-order valence-electron chi connectivity index (χ0n) is 10.3. The lowest BCUT2D eigenvalue weighted by Crippen LogP contribution is -2.30. The first-order valence-electron chi connectivity index (χ1n) is 5.90. The predicted octanol–water partition coefficient (Wildman–Crippen LogP) is 0.293. The Hall–Kier alpha value is -0.940. The maximum Gasteiger partial charge on any atom is 0.146 e. The minimum atomic E-state index is 0.297. The molecule has 1 fully saturated rings. The summed E-state index contributed by atoms with van der Waals surface area (Å²) in [4.78, 5) is 2.41. The van der Waals surface area contributed by atoms with Crippen LogP contribution < -0.4 is 5.73 Å². The lowest BCUT2D eigenvalue weighted by molar-refractivity contribution is 0.297. The molecular formula is C11H21N5. The van der Waals surface area contributed by atoms with Crippen molar-refractivity contribution in [2.75, 3.05) is 13.1 Å². The van der Waals surface area contributed by atoms with E-state index in [1.165, 1.54) is 6.42 Å². The van der Waals surface area contributed by atoms with Crippen molar-refractivity contribution >= 4 is 0 Å². The number of hydrogen-bond donors (Lipinski definition) is 1. The van der Waals surface area contributed by atoms with E-state index in [9.17, 15) is 0 Å². The monoisotopic (exact) mass is 223 g/mol. The molecule has 2 atom stereocenters. The minimum absolute atomic E-state index is 0.297. The van der Waals surface area contributed by atoms with Gasteiger partial charge in [-0.2, -0.15) is 0 Å². The summed E-state index contributed by atoms with van der Waals surface area (Å²) in [6.07, 6.45) is 1.20. The van der Waals surface area contributed by atoms with Gasteiger partial charge in [0.2, 0.25) is 0 Å². The Labute approximate surface area is 96.6 Å². The van der Waals surface area contributed by atoms with E-state index in [2.05, 4.69) is 26.6 Å². The molecule has 0 aromatic carbocycles. The maximum atomic E-state index is 5.93. The first-order valence-corrected chi connectivity index (χ1v) is 5.90. The van der Waals surface area contributed by atoms with Gasteiger partial charge < -0.3 is 10.3 Å². The predicted molar refractivity (Wildman–Crippen MR) is 62.8 cm³/mol. The van der Waals surface area contributed by atoms with E-state index in [1.54, 1.807) is 0 Å². The van der Waals surface area contributed by atoms with Crippen LogP contribution in [0.4, 0.5) is 0 Å². The summed E-state index contributed by atoms with van der Waals surface area (Å²) < 4.78 is 2.05. The van der Waals surface area contributed by atoms with E-state index in [0.29, 0.717) is 12.0 Å². The maximum absolute atomic E-state index is 5.93. The highest BCUT2D eigenvalue weighted by Crippen LogP contribution is 2.20. The molecule has 0 bridgehead atoms. The van der Waals surface area contributed by atoms with Gasteiger partial charge in [0.15, 0.2) is 0 Å². The quantitative estimate of drug-likeness (QED) is 0.800. The molecule has 1 aromatic rings. The van der Waals surface area contributed by atoms with Crippen LogP contribution in [0.2, 0.25) is 0 Å². The highest BCUT2D eigenvalue weighted by atomic mass is 15.3. The Morgan fingerprint density at radius 2 is 2.25 bits per heavy atom. The third kappa shape index (κ3) is 2.25. The normalized spacial score (nSPS) is 23.9. The summed E-state index contributed by atoms with van der Waals surface area (Å²) in [5, 5.41) is 8.26. The van der Waals surface area contributed by atoms with Gasteiger partial charge in [-0.05, 0) is 32.7 Å². The molecule has 1 aromatic heterocycles. The van der Waals surface area contributed by atoms with Gasteiger partial charge in [0, 0.05) is 19.6 Å². The highest BCUT2D eigenvalue weighted by molar-refractivity contribution is 4.94. The number of rotatable bonds is 3. The van der Waals surface area contributed by atoms with Gasteiger partial charge in [-0.25, -0.2) is 0 Å². The van der Waals surface area contributed by atoms with Gasteiger partial charge >= 0.3 is 0 Å². The molecule has 0 spiro atoms. The number of hydrogen-bond acceptors (Lipinski definition) is 4. The third-order valence-corrected chi connectivity index (χ3v) is 3.60. The zero-order valence-corrected chi connectivity index (χ0v) is 10.3. The van der Waals surface area contributed by atoms with Crippen molar-refractivity contribution in [1.82, 2.24) is 19.7 Å². The summed E-state index contributed by atoms with van der Waals surface area (Å²) >= 11 is 0. The first-order chi connectivity index (χ1) is 7.58. The van der Waals surface area contributed by atoms with Crippen molar-refractivity contribution in [3.05, 3.63) is 11.6 Å². The Balaban J connectivity index is 1.94. The second-order valence-corrected chi connectivity index (χ2v) is 4.87. The van der Waals surface area contributed by atoms with E-state index in [-0.39, 0.29) is 0 Å². The molecule has 2 heterocycles. The van der Waals surface area contributed by atoms with Gasteiger partial charge in [-0.15, -0.1) is 10.2 Å². The average Bonchev–Trinajstić information content (AvgIpc) is 2.81. The van der Waals surface area contributed by atoms with E-state index in [1.807, 2.05) is 14.0 Å². The standard InChI is InChI=1S/C11H21N5/c1-8(12)10-4-5-16(6-10)7-11-14-13-9(2)15(11)3/h8,10H,4-7,12H2,1-3H3. The molecular weight excluding hydrogens is 202 g/mol. The summed E-state index contributed by atoms with van der Waals surface area (Å²) in [6, 6.07) is 0.297. The molecule has 5 heteroatoms. The lowest BCUT2D eigenvalue weighted by atomic mass is 10.0. The molecule has 5 nitrogen and oxygen atoms in total. The van der Waals surface area contributed by atoms with Gasteiger partial charge in [0.25, 0.3) is 0 Å². The SMILES string of the molecule is Cc1nnc(CN2CCC(C(C)N)C2)n1C. The Bertz CT molecular complexity index is 357. The molecule has 16 heavy (non-hydrogen) atoms. The number of aromatic nitrogens is 3. The van der Waals surface area contributed by atoms with Gasteiger partial charge in [0.05, 0.1) is 6.54 Å². The number of nitrogens with zero attached hydrogens (tertiary/aromatic N) is 4. The highest BCUT2D eigenvalue weighted by Gasteiger charge is 2.26.